The standard InChI is InChI=1S/C12H19N5O3/c1-4-19-9(20-5-2)7-17-11-8(6-14-17)10(13)15-12(16-11)18-3/h6,9H,4-5,7H2,1-3H3,(H2,13,15,16). The average Bonchev–Trinajstić information content (AvgIpc) is 2.83. The fourth-order valence-electron chi connectivity index (χ4n) is 1.85. The van der Waals surface area contributed by atoms with Crippen molar-refractivity contribution in [3.8, 4) is 6.01 Å². The van der Waals surface area contributed by atoms with Crippen LogP contribution in [0.3, 0.4) is 0 Å². The first-order valence-corrected chi connectivity index (χ1v) is 6.45. The summed E-state index contributed by atoms with van der Waals surface area (Å²) in [6, 6.07) is 0.209. The van der Waals surface area contributed by atoms with E-state index >= 15 is 0 Å². The molecule has 0 aromatic carbocycles. The first-order valence-electron chi connectivity index (χ1n) is 6.45. The molecule has 2 heterocycles. The van der Waals surface area contributed by atoms with Gasteiger partial charge in [0.05, 0.1) is 25.2 Å². The average molecular weight is 281 g/mol. The van der Waals surface area contributed by atoms with E-state index < -0.39 is 0 Å². The predicted molar refractivity (Wildman–Crippen MR) is 73.3 cm³/mol. The number of ether oxygens (including phenoxy) is 3. The number of rotatable bonds is 7. The molecular weight excluding hydrogens is 262 g/mol. The highest BCUT2D eigenvalue weighted by Crippen LogP contribution is 2.20. The highest BCUT2D eigenvalue weighted by Gasteiger charge is 2.15. The third-order valence-corrected chi connectivity index (χ3v) is 2.71. The first kappa shape index (κ1) is 14.5. The number of nitrogens with zero attached hydrogens (tertiary/aromatic N) is 4. The number of nitrogen functional groups attached to an aromatic ring is 1. The van der Waals surface area contributed by atoms with Gasteiger partial charge in [-0.1, -0.05) is 0 Å². The molecule has 2 aromatic heterocycles. The van der Waals surface area contributed by atoms with Crippen molar-refractivity contribution in [3.05, 3.63) is 6.20 Å². The Morgan fingerprint density at radius 1 is 1.25 bits per heavy atom. The topological polar surface area (TPSA) is 97.3 Å². The van der Waals surface area contributed by atoms with Crippen molar-refractivity contribution in [2.45, 2.75) is 26.7 Å². The van der Waals surface area contributed by atoms with Crippen molar-refractivity contribution < 1.29 is 14.2 Å². The molecule has 0 radical (unpaired) electrons. The van der Waals surface area contributed by atoms with Crippen molar-refractivity contribution in [2.24, 2.45) is 0 Å². The van der Waals surface area contributed by atoms with E-state index in [4.69, 9.17) is 19.9 Å². The molecule has 2 rings (SSSR count). The zero-order chi connectivity index (χ0) is 14.5. The molecule has 0 aliphatic carbocycles. The second-order valence-corrected chi connectivity index (χ2v) is 4.00. The van der Waals surface area contributed by atoms with Gasteiger partial charge in [0.2, 0.25) is 0 Å². The quantitative estimate of drug-likeness (QED) is 0.750. The zero-order valence-corrected chi connectivity index (χ0v) is 11.9. The summed E-state index contributed by atoms with van der Waals surface area (Å²) in [5, 5.41) is 4.93. The fraction of sp³-hybridized carbons (Fsp3) is 0.583. The van der Waals surface area contributed by atoms with Gasteiger partial charge in [0.25, 0.3) is 0 Å². The van der Waals surface area contributed by atoms with Gasteiger partial charge in [-0.15, -0.1) is 0 Å². The normalized spacial score (nSPS) is 11.4. The van der Waals surface area contributed by atoms with Gasteiger partial charge < -0.3 is 19.9 Å². The number of anilines is 1. The number of hydrogen-bond acceptors (Lipinski definition) is 7. The fourth-order valence-corrected chi connectivity index (χ4v) is 1.85. The van der Waals surface area contributed by atoms with Crippen LogP contribution in [0.25, 0.3) is 11.0 Å². The largest absolute Gasteiger partial charge is 0.467 e. The molecule has 8 heteroatoms. The first-order chi connectivity index (χ1) is 9.69. The lowest BCUT2D eigenvalue weighted by molar-refractivity contribution is -0.144. The van der Waals surface area contributed by atoms with E-state index in [1.165, 1.54) is 7.11 Å². The van der Waals surface area contributed by atoms with Crippen LogP contribution >= 0.6 is 0 Å². The van der Waals surface area contributed by atoms with Gasteiger partial charge in [-0.25, -0.2) is 4.68 Å². The summed E-state index contributed by atoms with van der Waals surface area (Å²) < 4.78 is 17.7. The molecule has 0 bridgehead atoms. The summed E-state index contributed by atoms with van der Waals surface area (Å²) in [7, 11) is 1.49. The second kappa shape index (κ2) is 6.49. The van der Waals surface area contributed by atoms with Gasteiger partial charge in [0.15, 0.2) is 11.9 Å². The van der Waals surface area contributed by atoms with Gasteiger partial charge in [0, 0.05) is 13.2 Å². The smallest absolute Gasteiger partial charge is 0.320 e. The van der Waals surface area contributed by atoms with Gasteiger partial charge >= 0.3 is 6.01 Å². The monoisotopic (exact) mass is 281 g/mol. The molecule has 0 spiro atoms. The molecule has 2 N–H and O–H groups in total. The summed E-state index contributed by atoms with van der Waals surface area (Å²) in [6.45, 7) is 5.37. The molecule has 0 atom stereocenters. The maximum Gasteiger partial charge on any atom is 0.320 e. The molecule has 0 aliphatic heterocycles. The van der Waals surface area contributed by atoms with Crippen LogP contribution in [0, 0.1) is 0 Å². The molecule has 8 nitrogen and oxygen atoms in total. The number of methoxy groups -OCH3 is 1. The number of hydrogen-bond donors (Lipinski definition) is 1. The predicted octanol–water partition coefficient (Wildman–Crippen LogP) is 0.816. The second-order valence-electron chi connectivity index (χ2n) is 4.00. The lowest BCUT2D eigenvalue weighted by Gasteiger charge is -2.17. The minimum atomic E-state index is -0.379. The summed E-state index contributed by atoms with van der Waals surface area (Å²) in [6.07, 6.45) is 1.24. The molecule has 0 unspecified atom stereocenters. The van der Waals surface area contributed by atoms with Crippen LogP contribution in [-0.4, -0.2) is 46.4 Å². The Bertz CT molecular complexity index is 565. The van der Waals surface area contributed by atoms with E-state index in [-0.39, 0.29) is 12.3 Å². The minimum Gasteiger partial charge on any atom is -0.467 e. The van der Waals surface area contributed by atoms with Crippen molar-refractivity contribution in [1.29, 1.82) is 0 Å². The molecule has 2 aromatic rings. The van der Waals surface area contributed by atoms with Gasteiger partial charge in [-0.2, -0.15) is 15.1 Å². The van der Waals surface area contributed by atoms with Crippen LogP contribution < -0.4 is 10.5 Å². The number of aromatic nitrogens is 4. The lowest BCUT2D eigenvalue weighted by atomic mass is 10.4. The summed E-state index contributed by atoms with van der Waals surface area (Å²) >= 11 is 0. The van der Waals surface area contributed by atoms with Crippen LogP contribution in [0.5, 0.6) is 6.01 Å². The molecule has 0 saturated heterocycles. The Morgan fingerprint density at radius 2 is 1.95 bits per heavy atom. The Balaban J connectivity index is 2.31. The molecule has 20 heavy (non-hydrogen) atoms. The van der Waals surface area contributed by atoms with Crippen LogP contribution in [-0.2, 0) is 16.0 Å². The van der Waals surface area contributed by atoms with E-state index in [0.29, 0.717) is 36.6 Å². The van der Waals surface area contributed by atoms with Crippen LogP contribution in [0.15, 0.2) is 6.20 Å². The van der Waals surface area contributed by atoms with Crippen LogP contribution in [0.2, 0.25) is 0 Å². The molecular formula is C12H19N5O3. The van der Waals surface area contributed by atoms with Crippen molar-refractivity contribution in [1.82, 2.24) is 19.7 Å². The molecule has 110 valence electrons. The van der Waals surface area contributed by atoms with Crippen molar-refractivity contribution in [2.75, 3.05) is 26.1 Å². The molecule has 0 amide bonds. The Kier molecular flexibility index (Phi) is 4.70. The molecule has 0 aliphatic rings. The maximum absolute atomic E-state index is 5.85. The third kappa shape index (κ3) is 2.97. The van der Waals surface area contributed by atoms with Gasteiger partial charge in [-0.05, 0) is 13.8 Å². The number of nitrogens with two attached hydrogens (primary N) is 1. The number of fused-ring (bicyclic) bond motifs is 1. The zero-order valence-electron chi connectivity index (χ0n) is 11.9. The van der Waals surface area contributed by atoms with E-state index in [9.17, 15) is 0 Å². The highest BCUT2D eigenvalue weighted by molar-refractivity contribution is 5.85. The van der Waals surface area contributed by atoms with Gasteiger partial charge in [-0.3, -0.25) is 0 Å². The molecule has 0 saturated carbocycles. The summed E-state index contributed by atoms with van der Waals surface area (Å²) in [4.78, 5) is 8.28. The van der Waals surface area contributed by atoms with Crippen molar-refractivity contribution in [3.63, 3.8) is 0 Å². The highest BCUT2D eigenvalue weighted by atomic mass is 16.7. The Morgan fingerprint density at radius 3 is 2.55 bits per heavy atom. The Hall–Kier alpha value is -1.93. The summed E-state index contributed by atoms with van der Waals surface area (Å²) in [5.41, 5.74) is 6.44. The maximum atomic E-state index is 5.85. The summed E-state index contributed by atoms with van der Waals surface area (Å²) in [5.74, 6) is 0.336. The van der Waals surface area contributed by atoms with Crippen LogP contribution in [0.4, 0.5) is 5.82 Å². The molecule has 0 fully saturated rings. The van der Waals surface area contributed by atoms with E-state index in [1.807, 2.05) is 13.8 Å². The Labute approximate surface area is 116 Å². The van der Waals surface area contributed by atoms with E-state index in [0.717, 1.165) is 0 Å². The van der Waals surface area contributed by atoms with Crippen molar-refractivity contribution >= 4 is 16.9 Å². The minimum absolute atomic E-state index is 0.209. The van der Waals surface area contributed by atoms with Crippen LogP contribution in [0.1, 0.15) is 13.8 Å². The van der Waals surface area contributed by atoms with Gasteiger partial charge in [0.1, 0.15) is 5.82 Å². The van der Waals surface area contributed by atoms with E-state index in [2.05, 4.69) is 15.1 Å². The van der Waals surface area contributed by atoms with E-state index in [1.54, 1.807) is 10.9 Å². The lowest BCUT2D eigenvalue weighted by Crippen LogP contribution is -2.24. The SMILES string of the molecule is CCOC(Cn1ncc2c(N)nc(OC)nc21)OCC. The third-order valence-electron chi connectivity index (χ3n) is 2.71.